The van der Waals surface area contributed by atoms with Crippen LogP contribution in [0, 0.1) is 13.8 Å². The molecule has 0 saturated heterocycles. The van der Waals surface area contributed by atoms with Crippen LogP contribution in [0.3, 0.4) is 0 Å². The number of amides is 1. The Morgan fingerprint density at radius 3 is 2.21 bits per heavy atom. The SMILES string of the molecule is COc1ccc(N([C@H](C)C(=O)N[C@H](C)c2cc(C)ccc2C)S(C)(=O)=O)cc1. The lowest BCUT2D eigenvalue weighted by Gasteiger charge is -2.29. The Hall–Kier alpha value is -2.54. The number of nitrogens with zero attached hydrogens (tertiary/aromatic N) is 1. The number of carbonyl (C=O) groups excluding carboxylic acids is 1. The van der Waals surface area contributed by atoms with Gasteiger partial charge in [-0.2, -0.15) is 0 Å². The van der Waals surface area contributed by atoms with Gasteiger partial charge in [0.1, 0.15) is 11.8 Å². The third kappa shape index (κ3) is 5.04. The summed E-state index contributed by atoms with van der Waals surface area (Å²) in [5.74, 6) is 0.243. The predicted octanol–water partition coefficient (Wildman–Crippen LogP) is 3.34. The van der Waals surface area contributed by atoms with Crippen molar-refractivity contribution in [3.8, 4) is 5.75 Å². The number of methoxy groups -OCH3 is 1. The zero-order valence-electron chi connectivity index (χ0n) is 17.2. The normalized spacial score (nSPS) is 13.5. The molecule has 0 bridgehead atoms. The topological polar surface area (TPSA) is 75.7 Å². The van der Waals surface area contributed by atoms with Gasteiger partial charge in [-0.25, -0.2) is 8.42 Å². The van der Waals surface area contributed by atoms with Crippen molar-refractivity contribution in [1.82, 2.24) is 5.32 Å². The lowest BCUT2D eigenvalue weighted by atomic mass is 10.00. The molecule has 2 rings (SSSR count). The minimum absolute atomic E-state index is 0.243. The number of anilines is 1. The Bertz CT molecular complexity index is 939. The van der Waals surface area contributed by atoms with Crippen molar-refractivity contribution in [2.24, 2.45) is 0 Å². The molecular formula is C21H28N2O4S. The number of carbonyl (C=O) groups is 1. The van der Waals surface area contributed by atoms with Gasteiger partial charge in [0.05, 0.1) is 25.1 Å². The molecule has 7 heteroatoms. The van der Waals surface area contributed by atoms with Gasteiger partial charge >= 0.3 is 0 Å². The molecule has 2 aromatic carbocycles. The molecule has 0 saturated carbocycles. The van der Waals surface area contributed by atoms with Crippen LogP contribution in [0.15, 0.2) is 42.5 Å². The van der Waals surface area contributed by atoms with Crippen molar-refractivity contribution in [2.75, 3.05) is 17.7 Å². The van der Waals surface area contributed by atoms with Crippen molar-refractivity contribution >= 4 is 21.6 Å². The van der Waals surface area contributed by atoms with Crippen LogP contribution in [0.4, 0.5) is 5.69 Å². The summed E-state index contributed by atoms with van der Waals surface area (Å²) in [7, 11) is -2.13. The molecule has 0 spiro atoms. The molecule has 1 N–H and O–H groups in total. The van der Waals surface area contributed by atoms with Crippen molar-refractivity contribution in [3.63, 3.8) is 0 Å². The summed E-state index contributed by atoms with van der Waals surface area (Å²) < 4.78 is 31.0. The first-order chi connectivity index (χ1) is 13.0. The summed E-state index contributed by atoms with van der Waals surface area (Å²) >= 11 is 0. The van der Waals surface area contributed by atoms with Crippen LogP contribution in [-0.2, 0) is 14.8 Å². The van der Waals surface area contributed by atoms with E-state index in [2.05, 4.69) is 5.32 Å². The Kier molecular flexibility index (Phi) is 6.72. The zero-order chi connectivity index (χ0) is 21.1. The second-order valence-electron chi connectivity index (χ2n) is 7.02. The smallest absolute Gasteiger partial charge is 0.244 e. The molecule has 0 radical (unpaired) electrons. The van der Waals surface area contributed by atoms with E-state index in [9.17, 15) is 13.2 Å². The highest BCUT2D eigenvalue weighted by Gasteiger charge is 2.30. The summed E-state index contributed by atoms with van der Waals surface area (Å²) in [4.78, 5) is 12.9. The summed E-state index contributed by atoms with van der Waals surface area (Å²) in [5.41, 5.74) is 3.59. The van der Waals surface area contributed by atoms with Gasteiger partial charge in [-0.05, 0) is 63.1 Å². The molecule has 0 aliphatic carbocycles. The van der Waals surface area contributed by atoms with Gasteiger partial charge in [0.25, 0.3) is 0 Å². The number of benzene rings is 2. The molecule has 0 heterocycles. The maximum Gasteiger partial charge on any atom is 0.244 e. The molecule has 0 aliphatic heterocycles. The van der Waals surface area contributed by atoms with E-state index < -0.39 is 16.1 Å². The van der Waals surface area contributed by atoms with Gasteiger partial charge < -0.3 is 10.1 Å². The van der Waals surface area contributed by atoms with E-state index in [0.29, 0.717) is 11.4 Å². The van der Waals surface area contributed by atoms with E-state index in [1.807, 2.05) is 39.0 Å². The highest BCUT2D eigenvalue weighted by molar-refractivity contribution is 7.92. The van der Waals surface area contributed by atoms with Gasteiger partial charge in [0.2, 0.25) is 15.9 Å². The van der Waals surface area contributed by atoms with E-state index in [4.69, 9.17) is 4.74 Å². The lowest BCUT2D eigenvalue weighted by Crippen LogP contribution is -2.48. The molecule has 2 aromatic rings. The van der Waals surface area contributed by atoms with E-state index >= 15 is 0 Å². The monoisotopic (exact) mass is 404 g/mol. The van der Waals surface area contributed by atoms with E-state index in [0.717, 1.165) is 27.3 Å². The molecule has 0 aliphatic rings. The fraction of sp³-hybridized carbons (Fsp3) is 0.381. The van der Waals surface area contributed by atoms with Gasteiger partial charge in [-0.3, -0.25) is 9.10 Å². The minimum atomic E-state index is -3.67. The van der Waals surface area contributed by atoms with E-state index in [1.54, 1.807) is 31.2 Å². The number of sulfonamides is 1. The van der Waals surface area contributed by atoms with Gasteiger partial charge in [0, 0.05) is 0 Å². The molecule has 2 atom stereocenters. The second kappa shape index (κ2) is 8.65. The Morgan fingerprint density at radius 1 is 1.07 bits per heavy atom. The zero-order valence-corrected chi connectivity index (χ0v) is 18.0. The molecule has 0 aromatic heterocycles. The third-order valence-electron chi connectivity index (χ3n) is 4.68. The average molecular weight is 405 g/mol. The number of rotatable bonds is 7. The van der Waals surface area contributed by atoms with Crippen LogP contribution >= 0.6 is 0 Å². The first-order valence-corrected chi connectivity index (χ1v) is 10.9. The first-order valence-electron chi connectivity index (χ1n) is 9.05. The molecule has 28 heavy (non-hydrogen) atoms. The Labute approximate surface area is 167 Å². The summed E-state index contributed by atoms with van der Waals surface area (Å²) in [6.45, 7) is 7.46. The second-order valence-corrected chi connectivity index (χ2v) is 8.88. The highest BCUT2D eigenvalue weighted by Crippen LogP contribution is 2.25. The van der Waals surface area contributed by atoms with Gasteiger partial charge in [-0.1, -0.05) is 23.8 Å². The fourth-order valence-electron chi connectivity index (χ4n) is 3.18. The van der Waals surface area contributed by atoms with Gasteiger partial charge in [-0.15, -0.1) is 0 Å². The van der Waals surface area contributed by atoms with E-state index in [-0.39, 0.29) is 11.9 Å². The fourth-order valence-corrected chi connectivity index (χ4v) is 4.35. The van der Waals surface area contributed by atoms with Crippen molar-refractivity contribution < 1.29 is 17.9 Å². The molecule has 0 unspecified atom stereocenters. The van der Waals surface area contributed by atoms with Crippen LogP contribution in [-0.4, -0.2) is 33.7 Å². The standard InChI is InChI=1S/C21H28N2O4S/c1-14-7-8-15(2)20(13-14)16(3)22-21(24)17(4)23(28(6,25)26)18-9-11-19(27-5)12-10-18/h7-13,16-17H,1-6H3,(H,22,24)/t16-,17-/m1/s1. The van der Waals surface area contributed by atoms with Crippen molar-refractivity contribution in [3.05, 3.63) is 59.2 Å². The molecule has 0 fully saturated rings. The van der Waals surface area contributed by atoms with Crippen LogP contribution in [0.1, 0.15) is 36.6 Å². The van der Waals surface area contributed by atoms with Crippen LogP contribution in [0.5, 0.6) is 5.75 Å². The largest absolute Gasteiger partial charge is 0.497 e. The van der Waals surface area contributed by atoms with Crippen LogP contribution in [0.2, 0.25) is 0 Å². The average Bonchev–Trinajstić information content (AvgIpc) is 2.63. The number of ether oxygens (including phenoxy) is 1. The maximum absolute atomic E-state index is 12.9. The van der Waals surface area contributed by atoms with E-state index in [1.165, 1.54) is 7.11 Å². The molecule has 152 valence electrons. The number of hydrogen-bond acceptors (Lipinski definition) is 4. The quantitative estimate of drug-likeness (QED) is 0.768. The molecule has 6 nitrogen and oxygen atoms in total. The summed E-state index contributed by atoms with van der Waals surface area (Å²) in [6.07, 6.45) is 1.09. The Morgan fingerprint density at radius 2 is 1.68 bits per heavy atom. The molecular weight excluding hydrogens is 376 g/mol. The van der Waals surface area contributed by atoms with Crippen molar-refractivity contribution in [1.29, 1.82) is 0 Å². The lowest BCUT2D eigenvalue weighted by molar-refractivity contribution is -0.122. The molecule has 1 amide bonds. The maximum atomic E-state index is 12.9. The Balaban J connectivity index is 2.27. The summed E-state index contributed by atoms with van der Waals surface area (Å²) in [5, 5.41) is 2.94. The van der Waals surface area contributed by atoms with Gasteiger partial charge in [0.15, 0.2) is 0 Å². The first kappa shape index (κ1) is 21.8. The number of hydrogen-bond donors (Lipinski definition) is 1. The van der Waals surface area contributed by atoms with Crippen LogP contribution in [0.25, 0.3) is 0 Å². The van der Waals surface area contributed by atoms with Crippen LogP contribution < -0.4 is 14.4 Å². The van der Waals surface area contributed by atoms with Crippen molar-refractivity contribution in [2.45, 2.75) is 39.8 Å². The third-order valence-corrected chi connectivity index (χ3v) is 5.92. The number of nitrogens with one attached hydrogen (secondary N) is 1. The number of aryl methyl sites for hydroxylation is 2. The minimum Gasteiger partial charge on any atom is -0.497 e. The highest BCUT2D eigenvalue weighted by atomic mass is 32.2. The predicted molar refractivity (Wildman–Crippen MR) is 112 cm³/mol. The summed E-state index contributed by atoms with van der Waals surface area (Å²) in [6, 6.07) is 11.5.